The number of sulfone groups is 1. The molecule has 2 aromatic carbocycles. The Morgan fingerprint density at radius 1 is 1.03 bits per heavy atom. The van der Waals surface area contributed by atoms with Gasteiger partial charge in [-0.1, -0.05) is 30.3 Å². The number of ether oxygens (including phenoxy) is 1. The van der Waals surface area contributed by atoms with Crippen molar-refractivity contribution in [3.63, 3.8) is 0 Å². The van der Waals surface area contributed by atoms with Crippen molar-refractivity contribution in [3.8, 4) is 16.9 Å². The van der Waals surface area contributed by atoms with E-state index in [0.717, 1.165) is 53.7 Å². The highest BCUT2D eigenvalue weighted by Crippen LogP contribution is 2.28. The quantitative estimate of drug-likeness (QED) is 0.653. The first-order valence-corrected chi connectivity index (χ1v) is 12.7. The maximum Gasteiger partial charge on any atom is 0.223 e. The molecule has 1 fully saturated rings. The Morgan fingerprint density at radius 3 is 2.26 bits per heavy atom. The number of amides is 1. The molecule has 0 aliphatic heterocycles. The van der Waals surface area contributed by atoms with E-state index in [4.69, 9.17) is 4.74 Å². The summed E-state index contributed by atoms with van der Waals surface area (Å²) in [6, 6.07) is 13.9. The lowest BCUT2D eigenvalue weighted by molar-refractivity contribution is -0.126. The highest BCUT2D eigenvalue weighted by molar-refractivity contribution is 7.89. The zero-order valence-corrected chi connectivity index (χ0v) is 19.3. The van der Waals surface area contributed by atoms with Crippen molar-refractivity contribution in [1.29, 1.82) is 0 Å². The second-order valence-electron chi connectivity index (χ2n) is 8.35. The summed E-state index contributed by atoms with van der Waals surface area (Å²) in [6.07, 6.45) is 5.12. The standard InChI is InChI=1S/C24H32N2O4S/c1-25-22-11-8-19(9-12-22)24(27)26-15-21-14-20(10-13-23(21)30-2)18-6-4-17(5-7-18)16-31(3,28)29/h4-7,10,13-14,19,22,25H,8-9,11-12,15-16H2,1-3H3,(H,26,27). The van der Waals surface area contributed by atoms with Gasteiger partial charge in [0.25, 0.3) is 0 Å². The molecule has 2 N–H and O–H groups in total. The molecule has 6 nitrogen and oxygen atoms in total. The summed E-state index contributed by atoms with van der Waals surface area (Å²) in [5, 5.41) is 6.38. The fraction of sp³-hybridized carbons (Fsp3) is 0.458. The molecule has 1 saturated carbocycles. The van der Waals surface area contributed by atoms with Crippen LogP contribution in [0.2, 0.25) is 0 Å². The van der Waals surface area contributed by atoms with Crippen molar-refractivity contribution in [3.05, 3.63) is 53.6 Å². The molecule has 0 unspecified atom stereocenters. The van der Waals surface area contributed by atoms with Crippen LogP contribution in [0, 0.1) is 5.92 Å². The van der Waals surface area contributed by atoms with Gasteiger partial charge >= 0.3 is 0 Å². The molecule has 0 saturated heterocycles. The molecule has 1 amide bonds. The van der Waals surface area contributed by atoms with Gasteiger partial charge in [-0.2, -0.15) is 0 Å². The second kappa shape index (κ2) is 10.3. The van der Waals surface area contributed by atoms with Crippen molar-refractivity contribution in [1.82, 2.24) is 10.6 Å². The van der Waals surface area contributed by atoms with Gasteiger partial charge in [0, 0.05) is 30.3 Å². The van der Waals surface area contributed by atoms with E-state index >= 15 is 0 Å². The van der Waals surface area contributed by atoms with E-state index in [0.29, 0.717) is 12.6 Å². The molecule has 0 heterocycles. The Labute approximate surface area is 185 Å². The van der Waals surface area contributed by atoms with Crippen LogP contribution in [-0.2, 0) is 26.9 Å². The molecule has 168 valence electrons. The molecule has 1 aliphatic carbocycles. The molecule has 0 bridgehead atoms. The minimum absolute atomic E-state index is 0.0312. The van der Waals surface area contributed by atoms with E-state index in [1.165, 1.54) is 6.26 Å². The average molecular weight is 445 g/mol. The van der Waals surface area contributed by atoms with Crippen LogP contribution in [-0.4, -0.2) is 40.8 Å². The highest BCUT2D eigenvalue weighted by atomic mass is 32.2. The van der Waals surface area contributed by atoms with Crippen LogP contribution < -0.4 is 15.4 Å². The Bertz CT molecular complexity index is 995. The fourth-order valence-electron chi connectivity index (χ4n) is 4.16. The predicted octanol–water partition coefficient (Wildman–Crippen LogP) is 3.30. The van der Waals surface area contributed by atoms with Crippen LogP contribution in [0.4, 0.5) is 0 Å². The summed E-state index contributed by atoms with van der Waals surface area (Å²) >= 11 is 0. The number of hydrogen-bond donors (Lipinski definition) is 2. The first-order chi connectivity index (χ1) is 14.8. The molecule has 0 radical (unpaired) electrons. The Balaban J connectivity index is 1.68. The first-order valence-electron chi connectivity index (χ1n) is 10.7. The molecular weight excluding hydrogens is 412 g/mol. The highest BCUT2D eigenvalue weighted by Gasteiger charge is 2.25. The molecule has 0 aromatic heterocycles. The van der Waals surface area contributed by atoms with E-state index in [1.54, 1.807) is 7.11 Å². The summed E-state index contributed by atoms with van der Waals surface area (Å²) in [4.78, 5) is 12.7. The van der Waals surface area contributed by atoms with Gasteiger partial charge in [-0.3, -0.25) is 4.79 Å². The molecule has 7 heteroatoms. The third-order valence-electron chi connectivity index (χ3n) is 5.96. The number of nitrogens with one attached hydrogen (secondary N) is 2. The van der Waals surface area contributed by atoms with Gasteiger partial charge in [0.1, 0.15) is 5.75 Å². The number of carbonyl (C=O) groups excluding carboxylic acids is 1. The average Bonchev–Trinajstić information content (AvgIpc) is 2.76. The van der Waals surface area contributed by atoms with Gasteiger partial charge in [-0.25, -0.2) is 8.42 Å². The summed E-state index contributed by atoms with van der Waals surface area (Å²) in [7, 11) is 0.540. The normalized spacial score (nSPS) is 19.1. The van der Waals surface area contributed by atoms with Crippen molar-refractivity contribution in [2.24, 2.45) is 5.92 Å². The number of methoxy groups -OCH3 is 1. The summed E-state index contributed by atoms with van der Waals surface area (Å²) in [5.41, 5.74) is 3.65. The largest absolute Gasteiger partial charge is 0.496 e. The van der Waals surface area contributed by atoms with Crippen LogP contribution in [0.15, 0.2) is 42.5 Å². The van der Waals surface area contributed by atoms with Crippen LogP contribution in [0.5, 0.6) is 5.75 Å². The number of carbonyl (C=O) groups is 1. The van der Waals surface area contributed by atoms with Crippen LogP contribution in [0.25, 0.3) is 11.1 Å². The first kappa shape index (κ1) is 23.3. The van der Waals surface area contributed by atoms with Crippen LogP contribution in [0.3, 0.4) is 0 Å². The van der Waals surface area contributed by atoms with Crippen molar-refractivity contribution in [2.75, 3.05) is 20.4 Å². The van der Waals surface area contributed by atoms with Gasteiger partial charge in [0.2, 0.25) is 5.91 Å². The smallest absolute Gasteiger partial charge is 0.223 e. The number of benzene rings is 2. The van der Waals surface area contributed by atoms with Gasteiger partial charge in [-0.15, -0.1) is 0 Å². The summed E-state index contributed by atoms with van der Waals surface area (Å²) in [5.74, 6) is 0.939. The number of hydrogen-bond acceptors (Lipinski definition) is 5. The van der Waals surface area contributed by atoms with Crippen molar-refractivity contribution in [2.45, 2.75) is 44.0 Å². The van der Waals surface area contributed by atoms with Gasteiger partial charge in [-0.05, 0) is 61.6 Å². The van der Waals surface area contributed by atoms with E-state index in [9.17, 15) is 13.2 Å². The Kier molecular flexibility index (Phi) is 7.73. The minimum Gasteiger partial charge on any atom is -0.496 e. The van der Waals surface area contributed by atoms with E-state index < -0.39 is 9.84 Å². The maximum atomic E-state index is 12.7. The third-order valence-corrected chi connectivity index (χ3v) is 6.81. The molecule has 3 rings (SSSR count). The van der Waals surface area contributed by atoms with Crippen LogP contribution >= 0.6 is 0 Å². The molecule has 0 spiro atoms. The molecule has 31 heavy (non-hydrogen) atoms. The Hall–Kier alpha value is -2.38. The topological polar surface area (TPSA) is 84.5 Å². The lowest BCUT2D eigenvalue weighted by Gasteiger charge is -2.27. The zero-order chi connectivity index (χ0) is 22.4. The predicted molar refractivity (Wildman–Crippen MR) is 124 cm³/mol. The van der Waals surface area contributed by atoms with E-state index in [1.807, 2.05) is 49.5 Å². The zero-order valence-electron chi connectivity index (χ0n) is 18.5. The van der Waals surface area contributed by atoms with Gasteiger partial charge < -0.3 is 15.4 Å². The van der Waals surface area contributed by atoms with Crippen LogP contribution in [0.1, 0.15) is 36.8 Å². The molecule has 1 aliphatic rings. The monoisotopic (exact) mass is 444 g/mol. The van der Waals surface area contributed by atoms with Crippen molar-refractivity contribution < 1.29 is 17.9 Å². The van der Waals surface area contributed by atoms with Gasteiger partial charge in [0.15, 0.2) is 9.84 Å². The lowest BCUT2D eigenvalue weighted by atomic mass is 9.85. The summed E-state index contributed by atoms with van der Waals surface area (Å²) in [6.45, 7) is 0.411. The fourth-order valence-corrected chi connectivity index (χ4v) is 4.96. The lowest BCUT2D eigenvalue weighted by Crippen LogP contribution is -2.37. The molecule has 0 atom stereocenters. The van der Waals surface area contributed by atoms with Gasteiger partial charge in [0.05, 0.1) is 12.9 Å². The second-order valence-corrected chi connectivity index (χ2v) is 10.5. The van der Waals surface area contributed by atoms with E-state index in [-0.39, 0.29) is 17.6 Å². The molecular formula is C24H32N2O4S. The Morgan fingerprint density at radius 2 is 1.68 bits per heavy atom. The summed E-state index contributed by atoms with van der Waals surface area (Å²) < 4.78 is 28.5. The van der Waals surface area contributed by atoms with Crippen molar-refractivity contribution >= 4 is 15.7 Å². The SMILES string of the molecule is CNC1CCC(C(=O)NCc2cc(-c3ccc(CS(C)(=O)=O)cc3)ccc2OC)CC1. The molecule has 2 aromatic rings. The van der Waals surface area contributed by atoms with E-state index in [2.05, 4.69) is 10.6 Å². The number of rotatable bonds is 8. The third kappa shape index (κ3) is 6.55. The minimum atomic E-state index is -3.06. The maximum absolute atomic E-state index is 12.7.